The maximum absolute atomic E-state index is 5.18. The van der Waals surface area contributed by atoms with Crippen molar-refractivity contribution in [2.45, 2.75) is 0 Å². The average molecular weight is 771 g/mol. The van der Waals surface area contributed by atoms with Crippen LogP contribution in [0.2, 0.25) is 0 Å². The Hall–Kier alpha value is -8.36. The maximum Gasteiger partial charge on any atom is 0.179 e. The third kappa shape index (κ3) is 7.56. The lowest BCUT2D eigenvalue weighted by Crippen LogP contribution is -2.01. The van der Waals surface area contributed by atoms with Crippen molar-refractivity contribution in [3.05, 3.63) is 206 Å². The van der Waals surface area contributed by atoms with Gasteiger partial charge in [0.25, 0.3) is 0 Å². The molecule has 0 aliphatic rings. The van der Waals surface area contributed by atoms with Gasteiger partial charge in [-0.25, -0.2) is 34.9 Å². The van der Waals surface area contributed by atoms with E-state index < -0.39 is 0 Å². The zero-order valence-electron chi connectivity index (χ0n) is 32.2. The first-order chi connectivity index (χ1) is 29.7. The third-order valence-corrected chi connectivity index (χ3v) is 10.0. The molecule has 0 atom stereocenters. The van der Waals surface area contributed by atoms with Crippen molar-refractivity contribution in [2.24, 2.45) is 0 Å². The minimum atomic E-state index is 0.516. The monoisotopic (exact) mass is 770 g/mol. The molecule has 0 aliphatic carbocycles. The second kappa shape index (κ2) is 16.2. The minimum Gasteiger partial charge on any atom is -0.255 e. The molecule has 0 unspecified atom stereocenters. The highest BCUT2D eigenvalue weighted by Gasteiger charge is 2.19. The van der Waals surface area contributed by atoms with E-state index in [9.17, 15) is 0 Å². The Labute approximate surface area is 347 Å². The Morgan fingerprint density at radius 3 is 1.23 bits per heavy atom. The molecule has 0 saturated carbocycles. The summed E-state index contributed by atoms with van der Waals surface area (Å²) < 4.78 is 0. The van der Waals surface area contributed by atoms with Gasteiger partial charge in [-0.15, -0.1) is 0 Å². The second-order valence-corrected chi connectivity index (χ2v) is 14.0. The van der Waals surface area contributed by atoms with Gasteiger partial charge in [0.05, 0.1) is 34.2 Å². The van der Waals surface area contributed by atoms with E-state index in [0.717, 1.165) is 56.0 Å². The van der Waals surface area contributed by atoms with Crippen molar-refractivity contribution in [1.82, 2.24) is 39.9 Å². The summed E-state index contributed by atoms with van der Waals surface area (Å²) in [6, 6.07) is 66.3. The summed E-state index contributed by atoms with van der Waals surface area (Å²) in [5, 5.41) is 0. The number of hydrogen-bond acceptors (Lipinski definition) is 8. The lowest BCUT2D eigenvalue weighted by Gasteiger charge is -2.14. The zero-order chi connectivity index (χ0) is 40.1. The van der Waals surface area contributed by atoms with E-state index in [1.165, 1.54) is 0 Å². The van der Waals surface area contributed by atoms with E-state index in [0.29, 0.717) is 46.1 Å². The topological polar surface area (TPSA) is 103 Å². The first kappa shape index (κ1) is 36.0. The largest absolute Gasteiger partial charge is 0.255 e. The van der Waals surface area contributed by atoms with E-state index in [1.54, 1.807) is 6.20 Å². The summed E-state index contributed by atoms with van der Waals surface area (Å²) in [7, 11) is 0. The van der Waals surface area contributed by atoms with Crippen molar-refractivity contribution in [3.63, 3.8) is 0 Å². The predicted molar refractivity (Wildman–Crippen MR) is 238 cm³/mol. The Kier molecular flexibility index (Phi) is 9.75. The quantitative estimate of drug-likeness (QED) is 0.143. The molecule has 282 valence electrons. The molecule has 60 heavy (non-hydrogen) atoms. The van der Waals surface area contributed by atoms with Crippen LogP contribution >= 0.6 is 0 Å². The van der Waals surface area contributed by atoms with Crippen LogP contribution in [0.3, 0.4) is 0 Å². The van der Waals surface area contributed by atoms with Crippen LogP contribution < -0.4 is 0 Å². The molecule has 0 N–H and O–H groups in total. The Bertz CT molecular complexity index is 2960. The molecule has 0 spiro atoms. The molecule has 8 heteroatoms. The molecule has 0 aliphatic heterocycles. The molecule has 0 fully saturated rings. The minimum absolute atomic E-state index is 0.516. The molecule has 8 nitrogen and oxygen atoms in total. The van der Waals surface area contributed by atoms with Gasteiger partial charge in [0.1, 0.15) is 5.69 Å². The number of aromatic nitrogens is 8. The highest BCUT2D eigenvalue weighted by atomic mass is 15.0. The normalized spacial score (nSPS) is 11.0. The second-order valence-electron chi connectivity index (χ2n) is 14.0. The van der Waals surface area contributed by atoms with Crippen molar-refractivity contribution >= 4 is 0 Å². The average Bonchev–Trinajstić information content (AvgIpc) is 3.35. The van der Waals surface area contributed by atoms with Crippen molar-refractivity contribution in [1.29, 1.82) is 0 Å². The molecule has 0 bridgehead atoms. The number of hydrogen-bond donors (Lipinski definition) is 0. The van der Waals surface area contributed by atoms with Crippen molar-refractivity contribution < 1.29 is 0 Å². The Morgan fingerprint density at radius 1 is 0.217 bits per heavy atom. The van der Waals surface area contributed by atoms with Crippen LogP contribution in [0.25, 0.3) is 102 Å². The summed E-state index contributed by atoms with van der Waals surface area (Å²) in [5.74, 6) is 2.25. The highest BCUT2D eigenvalue weighted by Crippen LogP contribution is 2.36. The molecular formula is C52H34N8. The molecule has 5 aromatic carbocycles. The lowest BCUT2D eigenvalue weighted by atomic mass is 9.97. The summed E-state index contributed by atoms with van der Waals surface area (Å²) in [6.45, 7) is 0. The molecule has 10 rings (SSSR count). The number of rotatable bonds is 9. The molecular weight excluding hydrogens is 737 g/mol. The third-order valence-electron chi connectivity index (χ3n) is 10.0. The van der Waals surface area contributed by atoms with Crippen LogP contribution in [0.15, 0.2) is 206 Å². The van der Waals surface area contributed by atoms with Gasteiger partial charge >= 0.3 is 0 Å². The maximum atomic E-state index is 5.18. The number of nitrogens with zero attached hydrogens (tertiary/aromatic N) is 8. The molecule has 0 amide bonds. The first-order valence-electron chi connectivity index (χ1n) is 19.6. The number of benzene rings is 5. The Balaban J connectivity index is 1.13. The van der Waals surface area contributed by atoms with Gasteiger partial charge in [0, 0.05) is 34.0 Å². The summed E-state index contributed by atoms with van der Waals surface area (Å²) in [4.78, 5) is 40.2. The lowest BCUT2D eigenvalue weighted by molar-refractivity contribution is 1.07. The van der Waals surface area contributed by atoms with Gasteiger partial charge < -0.3 is 0 Å². The Morgan fingerprint density at radius 2 is 0.667 bits per heavy atom. The van der Waals surface area contributed by atoms with Crippen molar-refractivity contribution in [3.8, 4) is 102 Å². The van der Waals surface area contributed by atoms with E-state index in [-0.39, 0.29) is 0 Å². The van der Waals surface area contributed by atoms with Crippen molar-refractivity contribution in [2.75, 3.05) is 0 Å². The summed E-state index contributed by atoms with van der Waals surface area (Å²) >= 11 is 0. The molecule has 0 radical (unpaired) electrons. The first-order valence-corrected chi connectivity index (χ1v) is 19.6. The van der Waals surface area contributed by atoms with E-state index in [2.05, 4.69) is 48.5 Å². The van der Waals surface area contributed by atoms with Gasteiger partial charge in [-0.2, -0.15) is 0 Å². The van der Waals surface area contributed by atoms with Gasteiger partial charge in [0.2, 0.25) is 0 Å². The predicted octanol–water partition coefficient (Wildman–Crippen LogP) is 11.8. The molecule has 10 aromatic rings. The zero-order valence-corrected chi connectivity index (χ0v) is 32.2. The van der Waals surface area contributed by atoms with Crippen LogP contribution in [0.1, 0.15) is 0 Å². The fourth-order valence-electron chi connectivity index (χ4n) is 7.10. The van der Waals surface area contributed by atoms with E-state index in [1.807, 2.05) is 152 Å². The highest BCUT2D eigenvalue weighted by molar-refractivity contribution is 5.85. The van der Waals surface area contributed by atoms with E-state index in [4.69, 9.17) is 39.9 Å². The smallest absolute Gasteiger partial charge is 0.179 e. The van der Waals surface area contributed by atoms with Crippen LogP contribution in [0.5, 0.6) is 0 Å². The van der Waals surface area contributed by atoms with Gasteiger partial charge in [-0.1, -0.05) is 158 Å². The molecule has 5 aromatic heterocycles. The van der Waals surface area contributed by atoms with Crippen LogP contribution in [-0.4, -0.2) is 39.9 Å². The number of pyridine rings is 3. The van der Waals surface area contributed by atoms with E-state index >= 15 is 0 Å². The van der Waals surface area contributed by atoms with Gasteiger partial charge in [-0.05, 0) is 53.6 Å². The van der Waals surface area contributed by atoms with Crippen LogP contribution in [0, 0.1) is 0 Å². The van der Waals surface area contributed by atoms with Gasteiger partial charge in [-0.3, -0.25) is 4.98 Å². The summed E-state index contributed by atoms with van der Waals surface area (Å²) in [5.41, 5.74) is 11.5. The fraction of sp³-hybridized carbons (Fsp3) is 0. The summed E-state index contributed by atoms with van der Waals surface area (Å²) in [6.07, 6.45) is 1.78. The standard InChI is InChI=1S/C52H34N8/c1-5-18-35(19-6-1)45-34-46(36-20-7-2-8-21-36)57-52(56-45)44-30-17-29-43(54-44)48-33-39(32-47(55-48)42-28-15-16-31-53-42)40-26-13-14-27-41(40)51-59-49(37-22-9-3-10-23-37)58-50(60-51)38-24-11-4-12-25-38/h1-34H. The van der Waals surface area contributed by atoms with Crippen LogP contribution in [0.4, 0.5) is 0 Å². The van der Waals surface area contributed by atoms with Crippen LogP contribution in [-0.2, 0) is 0 Å². The molecule has 0 saturated heterocycles. The van der Waals surface area contributed by atoms with Gasteiger partial charge in [0.15, 0.2) is 23.3 Å². The molecule has 5 heterocycles. The fourth-order valence-corrected chi connectivity index (χ4v) is 7.10. The SMILES string of the molecule is c1ccc(-c2cc(-c3ccccc3)nc(-c3cccc(-c4cc(-c5ccccc5-c5nc(-c6ccccc6)nc(-c6ccccc6)n5)cc(-c5ccccn5)n4)n3)n2)cc1.